The number of piperidine rings is 1. The van der Waals surface area contributed by atoms with E-state index in [0.29, 0.717) is 12.8 Å². The number of carbonyl (C=O) groups is 1. The molecule has 1 aromatic rings. The van der Waals surface area contributed by atoms with E-state index < -0.39 is 22.1 Å². The Morgan fingerprint density at radius 2 is 2.10 bits per heavy atom. The normalized spacial score (nSPS) is 19.5. The fraction of sp³-hybridized carbons (Fsp3) is 0.583. The van der Waals surface area contributed by atoms with Crippen molar-refractivity contribution in [1.29, 1.82) is 0 Å². The van der Waals surface area contributed by atoms with Gasteiger partial charge in [-0.05, 0) is 42.5 Å². The molecule has 1 saturated heterocycles. The van der Waals surface area contributed by atoms with Gasteiger partial charge in [-0.3, -0.25) is 0 Å². The van der Waals surface area contributed by atoms with Gasteiger partial charge < -0.3 is 14.3 Å². The molecule has 0 saturated carbocycles. The summed E-state index contributed by atoms with van der Waals surface area (Å²) in [6, 6.07) is 2.67. The third-order valence-electron chi connectivity index (χ3n) is 3.57. The average molecular weight is 338 g/mol. The van der Waals surface area contributed by atoms with Crippen molar-refractivity contribution in [3.05, 3.63) is 17.4 Å². The first-order valence-corrected chi connectivity index (χ1v) is 8.19. The van der Waals surface area contributed by atoms with Crippen molar-refractivity contribution in [3.8, 4) is 0 Å². The van der Waals surface area contributed by atoms with Gasteiger partial charge in [-0.15, -0.1) is 0 Å². The molecule has 1 fully saturated rings. The Morgan fingerprint density at radius 3 is 2.52 bits per heavy atom. The van der Waals surface area contributed by atoms with E-state index in [9.17, 15) is 13.2 Å². The summed E-state index contributed by atoms with van der Waals surface area (Å²) >= 11 is 5.59. The van der Waals surface area contributed by atoms with Crippen LogP contribution < -0.4 is 0 Å². The molecule has 1 atom stereocenters. The average Bonchev–Trinajstić information content (AvgIpc) is 2.87. The number of ether oxygens (including phenoxy) is 1. The molecule has 0 aliphatic carbocycles. The molecular formula is C12H16ClNO6S. The van der Waals surface area contributed by atoms with E-state index in [1.165, 1.54) is 23.5 Å². The molecule has 7 nitrogen and oxygen atoms in total. The molecule has 2 rings (SSSR count). The van der Waals surface area contributed by atoms with Gasteiger partial charge in [-0.1, -0.05) is 0 Å². The molecule has 1 aliphatic heterocycles. The lowest BCUT2D eigenvalue weighted by atomic mass is 9.92. The van der Waals surface area contributed by atoms with Crippen LogP contribution in [0.3, 0.4) is 0 Å². The van der Waals surface area contributed by atoms with Crippen molar-refractivity contribution in [2.45, 2.75) is 24.0 Å². The molecule has 1 aromatic heterocycles. The van der Waals surface area contributed by atoms with Crippen molar-refractivity contribution in [2.24, 2.45) is 5.92 Å². The summed E-state index contributed by atoms with van der Waals surface area (Å²) in [6.45, 7) is 0.441. The minimum atomic E-state index is -3.72. The first-order chi connectivity index (χ1) is 9.86. The monoisotopic (exact) mass is 337 g/mol. The van der Waals surface area contributed by atoms with E-state index in [2.05, 4.69) is 0 Å². The number of sulfonamides is 1. The number of methoxy groups -OCH3 is 1. The summed E-state index contributed by atoms with van der Waals surface area (Å²) in [5, 5.41) is 8.85. The molecule has 1 N–H and O–H groups in total. The van der Waals surface area contributed by atoms with E-state index in [1.54, 1.807) is 0 Å². The van der Waals surface area contributed by atoms with Crippen molar-refractivity contribution in [2.75, 3.05) is 20.2 Å². The van der Waals surface area contributed by atoms with Crippen LogP contribution in [-0.4, -0.2) is 50.1 Å². The van der Waals surface area contributed by atoms with Gasteiger partial charge in [-0.2, -0.15) is 4.31 Å². The molecule has 0 radical (unpaired) electrons. The van der Waals surface area contributed by atoms with Crippen LogP contribution in [0.2, 0.25) is 5.22 Å². The number of nitrogens with zero attached hydrogens (tertiary/aromatic N) is 1. The smallest absolute Gasteiger partial charge is 0.333 e. The van der Waals surface area contributed by atoms with Gasteiger partial charge in [0.2, 0.25) is 5.09 Å². The van der Waals surface area contributed by atoms with Crippen molar-refractivity contribution in [3.63, 3.8) is 0 Å². The molecule has 0 bridgehead atoms. The molecule has 0 spiro atoms. The van der Waals surface area contributed by atoms with Gasteiger partial charge in [0.1, 0.15) is 0 Å². The predicted octanol–water partition coefficient (Wildman–Crippen LogP) is 1.43. The molecule has 9 heteroatoms. The number of carboxylic acid groups (broad SMARTS) is 1. The lowest BCUT2D eigenvalue weighted by Gasteiger charge is -2.32. The van der Waals surface area contributed by atoms with E-state index in [1.807, 2.05) is 0 Å². The number of halogens is 1. The van der Waals surface area contributed by atoms with Crippen LogP contribution in [0.5, 0.6) is 0 Å². The maximum absolute atomic E-state index is 12.3. The molecule has 21 heavy (non-hydrogen) atoms. The van der Waals surface area contributed by atoms with Crippen LogP contribution in [0.25, 0.3) is 0 Å². The number of rotatable bonds is 5. The van der Waals surface area contributed by atoms with E-state index in [4.69, 9.17) is 25.9 Å². The number of carboxylic acids is 1. The lowest BCUT2D eigenvalue weighted by Crippen LogP contribution is -2.43. The molecule has 1 unspecified atom stereocenters. The first-order valence-electron chi connectivity index (χ1n) is 6.37. The second-order valence-electron chi connectivity index (χ2n) is 4.79. The number of furan rings is 1. The molecule has 2 heterocycles. The summed E-state index contributed by atoms with van der Waals surface area (Å²) in [4.78, 5) is 11.0. The van der Waals surface area contributed by atoms with Gasteiger partial charge in [0, 0.05) is 20.2 Å². The number of aliphatic carboxylic acids is 1. The Balaban J connectivity index is 2.05. The molecule has 0 aromatic carbocycles. The first kappa shape index (κ1) is 16.3. The minimum Gasteiger partial charge on any atom is -0.479 e. The highest BCUT2D eigenvalue weighted by molar-refractivity contribution is 7.89. The number of hydrogen-bond donors (Lipinski definition) is 1. The van der Waals surface area contributed by atoms with Gasteiger partial charge >= 0.3 is 5.97 Å². The Kier molecular flexibility index (Phi) is 4.92. The fourth-order valence-electron chi connectivity index (χ4n) is 2.48. The summed E-state index contributed by atoms with van der Waals surface area (Å²) in [7, 11) is -2.38. The van der Waals surface area contributed by atoms with Gasteiger partial charge in [0.05, 0.1) is 0 Å². The molecule has 118 valence electrons. The standard InChI is InChI=1S/C12H16ClNO6S/c1-19-11(12(15)16)8-4-6-14(7-5-8)21(17,18)10-3-2-9(13)20-10/h2-3,8,11H,4-7H2,1H3,(H,15,16). The van der Waals surface area contributed by atoms with Crippen molar-refractivity contribution in [1.82, 2.24) is 4.31 Å². The van der Waals surface area contributed by atoms with Crippen molar-refractivity contribution < 1.29 is 27.5 Å². The summed E-state index contributed by atoms with van der Waals surface area (Å²) in [6.07, 6.45) is -0.0790. The third kappa shape index (κ3) is 3.39. The van der Waals surface area contributed by atoms with Crippen LogP contribution in [0.1, 0.15) is 12.8 Å². The predicted molar refractivity (Wildman–Crippen MR) is 73.6 cm³/mol. The highest BCUT2D eigenvalue weighted by atomic mass is 35.5. The van der Waals surface area contributed by atoms with Crippen LogP contribution >= 0.6 is 11.6 Å². The Hall–Kier alpha value is -1.09. The zero-order valence-corrected chi connectivity index (χ0v) is 12.9. The fourth-order valence-corrected chi connectivity index (χ4v) is 4.05. The van der Waals surface area contributed by atoms with E-state index in [-0.39, 0.29) is 29.3 Å². The number of hydrogen-bond acceptors (Lipinski definition) is 5. The maximum atomic E-state index is 12.3. The van der Waals surface area contributed by atoms with Crippen LogP contribution in [0.15, 0.2) is 21.6 Å². The Bertz CT molecular complexity index is 605. The second kappa shape index (κ2) is 6.35. The quantitative estimate of drug-likeness (QED) is 0.873. The Labute approximate surface area is 127 Å². The van der Waals surface area contributed by atoms with Crippen LogP contribution in [-0.2, 0) is 19.6 Å². The topological polar surface area (TPSA) is 97.0 Å². The SMILES string of the molecule is COC(C(=O)O)C1CCN(S(=O)(=O)c2ccc(Cl)o2)CC1. The van der Waals surface area contributed by atoms with Crippen molar-refractivity contribution >= 4 is 27.6 Å². The molecule has 1 aliphatic rings. The van der Waals surface area contributed by atoms with Gasteiger partial charge in [-0.25, -0.2) is 13.2 Å². The highest BCUT2D eigenvalue weighted by Crippen LogP contribution is 2.28. The zero-order chi connectivity index (χ0) is 15.6. The molecular weight excluding hydrogens is 322 g/mol. The van der Waals surface area contributed by atoms with Gasteiger partial charge in [0.25, 0.3) is 10.0 Å². The second-order valence-corrected chi connectivity index (χ2v) is 7.04. The van der Waals surface area contributed by atoms with Crippen LogP contribution in [0, 0.1) is 5.92 Å². The van der Waals surface area contributed by atoms with E-state index >= 15 is 0 Å². The van der Waals surface area contributed by atoms with Gasteiger partial charge in [0.15, 0.2) is 11.3 Å². The zero-order valence-electron chi connectivity index (χ0n) is 11.4. The highest BCUT2D eigenvalue weighted by Gasteiger charge is 2.36. The minimum absolute atomic E-state index is 0.00813. The third-order valence-corrected chi connectivity index (χ3v) is 5.54. The lowest BCUT2D eigenvalue weighted by molar-refractivity contribution is -0.152. The summed E-state index contributed by atoms with van der Waals surface area (Å²) in [5.74, 6) is -1.24. The van der Waals surface area contributed by atoms with E-state index in [0.717, 1.165) is 0 Å². The largest absolute Gasteiger partial charge is 0.479 e. The van der Waals surface area contributed by atoms with Crippen LogP contribution in [0.4, 0.5) is 0 Å². The summed E-state index contributed by atoms with van der Waals surface area (Å²) in [5.41, 5.74) is 0. The maximum Gasteiger partial charge on any atom is 0.333 e. The molecule has 0 amide bonds. The summed E-state index contributed by atoms with van der Waals surface area (Å²) < 4.78 is 35.8. The Morgan fingerprint density at radius 1 is 1.48 bits per heavy atom.